The van der Waals surface area contributed by atoms with Crippen LogP contribution in [0.25, 0.3) is 0 Å². The third-order valence-electron chi connectivity index (χ3n) is 2.35. The maximum absolute atomic E-state index is 4.40. The highest BCUT2D eigenvalue weighted by Gasteiger charge is 2.22. The second kappa shape index (κ2) is 5.03. The second-order valence-corrected chi connectivity index (χ2v) is 5.06. The molecule has 0 aromatic carbocycles. The minimum Gasteiger partial charge on any atom is -0.351 e. The van der Waals surface area contributed by atoms with Gasteiger partial charge in [-0.1, -0.05) is 22.0 Å². The zero-order valence-corrected chi connectivity index (χ0v) is 10.3. The number of pyridine rings is 1. The van der Waals surface area contributed by atoms with Crippen LogP contribution >= 0.6 is 27.7 Å². The molecule has 1 aliphatic rings. The molecule has 1 fully saturated rings. The zero-order chi connectivity index (χ0) is 9.80. The quantitative estimate of drug-likeness (QED) is 0.770. The van der Waals surface area contributed by atoms with Crippen LogP contribution in [0.5, 0.6) is 0 Å². The van der Waals surface area contributed by atoms with E-state index >= 15 is 0 Å². The van der Waals surface area contributed by atoms with Crippen molar-refractivity contribution in [2.75, 3.05) is 28.3 Å². The molecule has 2 rings (SSSR count). The molecule has 1 aromatic rings. The summed E-state index contributed by atoms with van der Waals surface area (Å²) in [7, 11) is 0. The van der Waals surface area contributed by atoms with E-state index in [-0.39, 0.29) is 0 Å². The number of hydrogen-bond donors (Lipinski definition) is 0. The van der Waals surface area contributed by atoms with Gasteiger partial charge in [0.1, 0.15) is 5.82 Å². The van der Waals surface area contributed by atoms with Gasteiger partial charge in [0.05, 0.1) is 0 Å². The van der Waals surface area contributed by atoms with E-state index in [9.17, 15) is 0 Å². The Bertz CT molecular complexity index is 281. The molecule has 1 atom stereocenters. The van der Waals surface area contributed by atoms with E-state index in [4.69, 9.17) is 0 Å². The van der Waals surface area contributed by atoms with Crippen molar-refractivity contribution < 1.29 is 0 Å². The van der Waals surface area contributed by atoms with Crippen molar-refractivity contribution in [2.45, 2.75) is 6.04 Å². The molecule has 0 spiro atoms. The number of halogens is 1. The molecule has 0 N–H and O–H groups in total. The molecule has 2 nitrogen and oxygen atoms in total. The fourth-order valence-corrected chi connectivity index (χ4v) is 3.55. The van der Waals surface area contributed by atoms with Crippen molar-refractivity contribution in [3.63, 3.8) is 0 Å². The standard InChI is InChI=1S/C10H13BrN2S/c11-7-9-8-14-6-5-13(9)10-3-1-2-4-12-10/h1-4,9H,5-8H2. The fourth-order valence-electron chi connectivity index (χ4n) is 1.61. The van der Waals surface area contributed by atoms with Gasteiger partial charge in [-0.25, -0.2) is 4.98 Å². The lowest BCUT2D eigenvalue weighted by Crippen LogP contribution is -2.43. The van der Waals surface area contributed by atoms with E-state index in [0.717, 1.165) is 17.7 Å². The third kappa shape index (κ3) is 2.23. The first kappa shape index (κ1) is 10.3. The van der Waals surface area contributed by atoms with Gasteiger partial charge in [0.2, 0.25) is 0 Å². The topological polar surface area (TPSA) is 16.1 Å². The summed E-state index contributed by atoms with van der Waals surface area (Å²) in [6.45, 7) is 1.11. The van der Waals surface area contributed by atoms with Crippen molar-refractivity contribution in [1.82, 2.24) is 4.98 Å². The van der Waals surface area contributed by atoms with Crippen molar-refractivity contribution >= 4 is 33.5 Å². The van der Waals surface area contributed by atoms with E-state index in [1.54, 1.807) is 0 Å². The van der Waals surface area contributed by atoms with Gasteiger partial charge in [0.25, 0.3) is 0 Å². The van der Waals surface area contributed by atoms with Crippen LogP contribution < -0.4 is 4.90 Å². The monoisotopic (exact) mass is 272 g/mol. The summed E-state index contributed by atoms with van der Waals surface area (Å²) in [6.07, 6.45) is 1.86. The van der Waals surface area contributed by atoms with E-state index in [1.807, 2.05) is 24.0 Å². The molecule has 1 aliphatic heterocycles. The van der Waals surface area contributed by atoms with Crippen LogP contribution in [0.1, 0.15) is 0 Å². The van der Waals surface area contributed by atoms with E-state index in [1.165, 1.54) is 11.5 Å². The van der Waals surface area contributed by atoms with E-state index in [2.05, 4.69) is 37.9 Å². The first-order valence-electron chi connectivity index (χ1n) is 4.73. The number of thioether (sulfide) groups is 1. The first-order valence-corrected chi connectivity index (χ1v) is 7.01. The van der Waals surface area contributed by atoms with Crippen LogP contribution in [0, 0.1) is 0 Å². The van der Waals surface area contributed by atoms with Gasteiger partial charge in [0, 0.05) is 35.6 Å². The molecular formula is C10H13BrN2S. The van der Waals surface area contributed by atoms with Gasteiger partial charge < -0.3 is 4.90 Å². The number of alkyl halides is 1. The lowest BCUT2D eigenvalue weighted by atomic mass is 10.3. The molecule has 0 bridgehead atoms. The smallest absolute Gasteiger partial charge is 0.128 e. The number of aromatic nitrogens is 1. The molecule has 0 aliphatic carbocycles. The molecule has 14 heavy (non-hydrogen) atoms. The van der Waals surface area contributed by atoms with Gasteiger partial charge in [-0.3, -0.25) is 0 Å². The molecular weight excluding hydrogens is 260 g/mol. The van der Waals surface area contributed by atoms with E-state index < -0.39 is 0 Å². The fraction of sp³-hybridized carbons (Fsp3) is 0.500. The van der Waals surface area contributed by atoms with Crippen molar-refractivity contribution in [2.24, 2.45) is 0 Å². The maximum Gasteiger partial charge on any atom is 0.128 e. The van der Waals surface area contributed by atoms with Crippen molar-refractivity contribution in [1.29, 1.82) is 0 Å². The molecule has 4 heteroatoms. The molecule has 76 valence electrons. The van der Waals surface area contributed by atoms with E-state index in [0.29, 0.717) is 6.04 Å². The zero-order valence-electron chi connectivity index (χ0n) is 7.90. The molecule has 1 unspecified atom stereocenters. The van der Waals surface area contributed by atoms with Gasteiger partial charge >= 0.3 is 0 Å². The Kier molecular flexibility index (Phi) is 3.70. The third-order valence-corrected chi connectivity index (χ3v) is 4.19. The number of hydrogen-bond acceptors (Lipinski definition) is 3. The lowest BCUT2D eigenvalue weighted by molar-refractivity contribution is 0.701. The summed E-state index contributed by atoms with van der Waals surface area (Å²) < 4.78 is 0. The molecule has 0 radical (unpaired) electrons. The Morgan fingerprint density at radius 2 is 2.50 bits per heavy atom. The summed E-state index contributed by atoms with van der Waals surface area (Å²) in [5, 5.41) is 1.02. The van der Waals surface area contributed by atoms with Crippen LogP contribution in [0.4, 0.5) is 5.82 Å². The van der Waals surface area contributed by atoms with Crippen LogP contribution in [0.2, 0.25) is 0 Å². The molecule has 0 saturated carbocycles. The summed E-state index contributed by atoms with van der Waals surface area (Å²) in [5.41, 5.74) is 0. The van der Waals surface area contributed by atoms with Gasteiger partial charge in [-0.05, 0) is 12.1 Å². The van der Waals surface area contributed by atoms with Crippen LogP contribution in [0.15, 0.2) is 24.4 Å². The SMILES string of the molecule is BrCC1CSCCN1c1ccccn1. The van der Waals surface area contributed by atoms with Gasteiger partial charge in [-0.15, -0.1) is 0 Å². The summed E-state index contributed by atoms with van der Waals surface area (Å²) >= 11 is 5.59. The Morgan fingerprint density at radius 1 is 1.57 bits per heavy atom. The summed E-state index contributed by atoms with van der Waals surface area (Å²) in [4.78, 5) is 6.79. The number of anilines is 1. The minimum atomic E-state index is 0.587. The second-order valence-electron chi connectivity index (χ2n) is 3.26. The average molecular weight is 273 g/mol. The molecule has 0 amide bonds. The Balaban J connectivity index is 2.15. The first-order chi connectivity index (χ1) is 6.92. The predicted molar refractivity (Wildman–Crippen MR) is 66.5 cm³/mol. The van der Waals surface area contributed by atoms with Crippen LogP contribution in [0.3, 0.4) is 0 Å². The minimum absolute atomic E-state index is 0.587. The van der Waals surface area contributed by atoms with Crippen molar-refractivity contribution in [3.8, 4) is 0 Å². The molecule has 1 saturated heterocycles. The van der Waals surface area contributed by atoms with Crippen LogP contribution in [-0.4, -0.2) is 34.4 Å². The average Bonchev–Trinajstić information content (AvgIpc) is 2.30. The lowest BCUT2D eigenvalue weighted by Gasteiger charge is -2.35. The number of rotatable bonds is 2. The van der Waals surface area contributed by atoms with Gasteiger partial charge in [-0.2, -0.15) is 11.8 Å². The molecule has 2 heterocycles. The Labute approximate surface area is 97.2 Å². The summed E-state index contributed by atoms with van der Waals surface area (Å²) in [5.74, 6) is 3.51. The molecule has 1 aromatic heterocycles. The highest BCUT2D eigenvalue weighted by atomic mass is 79.9. The Morgan fingerprint density at radius 3 is 3.21 bits per heavy atom. The van der Waals surface area contributed by atoms with Crippen molar-refractivity contribution in [3.05, 3.63) is 24.4 Å². The predicted octanol–water partition coefficient (Wildman–Crippen LogP) is 2.40. The van der Waals surface area contributed by atoms with Gasteiger partial charge in [0.15, 0.2) is 0 Å². The maximum atomic E-state index is 4.40. The van der Waals surface area contributed by atoms with Crippen LogP contribution in [-0.2, 0) is 0 Å². The highest BCUT2D eigenvalue weighted by molar-refractivity contribution is 9.09. The normalized spacial score (nSPS) is 22.4. The summed E-state index contributed by atoms with van der Waals surface area (Å²) in [6, 6.07) is 6.69. The number of nitrogens with zero attached hydrogens (tertiary/aromatic N) is 2. The Hall–Kier alpha value is -0.220. The highest BCUT2D eigenvalue weighted by Crippen LogP contribution is 2.22. The largest absolute Gasteiger partial charge is 0.351 e.